The molecule has 0 aliphatic heterocycles. The van der Waals surface area contributed by atoms with Crippen molar-refractivity contribution in [3.8, 4) is 44.0 Å². The van der Waals surface area contributed by atoms with E-state index < -0.39 is 0 Å². The number of fused-ring (bicyclic) bond motifs is 8. The minimum Gasteiger partial charge on any atom is -0.456 e. The highest BCUT2D eigenvalue weighted by molar-refractivity contribution is 7.21. The molecule has 0 amide bonds. The first-order valence-corrected chi connectivity index (χ1v) is 20.9. The Kier molecular flexibility index (Phi) is 8.00. The molecule has 0 bridgehead atoms. The minimum atomic E-state index is 0.850. The maximum Gasteiger partial charge on any atom is 0.143 e. The molecule has 4 nitrogen and oxygen atoms in total. The smallest absolute Gasteiger partial charge is 0.143 e. The molecule has 3 aromatic heterocycles. The second kappa shape index (κ2) is 14.0. The Hall–Kier alpha value is -7.73. The van der Waals surface area contributed by atoms with E-state index in [1.807, 2.05) is 18.2 Å². The van der Waals surface area contributed by atoms with Crippen molar-refractivity contribution in [3.05, 3.63) is 206 Å². The van der Waals surface area contributed by atoms with Crippen molar-refractivity contribution in [1.82, 2.24) is 4.98 Å². The molecule has 0 aliphatic carbocycles. The molecule has 0 spiro atoms. The van der Waals surface area contributed by atoms with E-state index in [-0.39, 0.29) is 0 Å². The summed E-state index contributed by atoms with van der Waals surface area (Å²) in [6.45, 7) is 0. The van der Waals surface area contributed by atoms with E-state index in [0.29, 0.717) is 0 Å². The molecule has 0 saturated heterocycles. The van der Waals surface area contributed by atoms with E-state index in [0.717, 1.165) is 115 Å². The van der Waals surface area contributed by atoms with Crippen LogP contribution < -0.4 is 4.90 Å². The van der Waals surface area contributed by atoms with Crippen LogP contribution in [0.1, 0.15) is 0 Å². The fourth-order valence-corrected chi connectivity index (χ4v) is 9.64. The Morgan fingerprint density at radius 1 is 0.400 bits per heavy atom. The van der Waals surface area contributed by atoms with Crippen molar-refractivity contribution >= 4 is 82.5 Å². The Morgan fingerprint density at radius 2 is 1.03 bits per heavy atom. The van der Waals surface area contributed by atoms with Crippen LogP contribution in [-0.4, -0.2) is 4.98 Å². The molecular weight excluding hydrogens is 753 g/mol. The van der Waals surface area contributed by atoms with Gasteiger partial charge in [0.2, 0.25) is 0 Å². The van der Waals surface area contributed by atoms with E-state index in [1.54, 1.807) is 11.3 Å². The molecule has 12 aromatic rings. The van der Waals surface area contributed by atoms with Gasteiger partial charge in [0, 0.05) is 44.2 Å². The van der Waals surface area contributed by atoms with Crippen LogP contribution in [0.15, 0.2) is 215 Å². The number of furan rings is 2. The molecule has 0 atom stereocenters. The van der Waals surface area contributed by atoms with Crippen molar-refractivity contribution in [2.45, 2.75) is 0 Å². The Morgan fingerprint density at radius 3 is 1.83 bits per heavy atom. The largest absolute Gasteiger partial charge is 0.456 e. The first-order valence-electron chi connectivity index (χ1n) is 20.1. The van der Waals surface area contributed by atoms with E-state index in [9.17, 15) is 0 Å². The average molecular weight is 787 g/mol. The normalized spacial score (nSPS) is 11.7. The number of aromatic nitrogens is 1. The highest BCUT2D eigenvalue weighted by Crippen LogP contribution is 2.44. The Labute approximate surface area is 349 Å². The molecule has 0 fully saturated rings. The maximum atomic E-state index is 6.50. The summed E-state index contributed by atoms with van der Waals surface area (Å²) in [5.41, 5.74) is 15.5. The number of benzene rings is 9. The van der Waals surface area contributed by atoms with Gasteiger partial charge in [0.25, 0.3) is 0 Å². The summed E-state index contributed by atoms with van der Waals surface area (Å²) in [5, 5.41) is 5.41. The van der Waals surface area contributed by atoms with Crippen molar-refractivity contribution < 1.29 is 8.83 Å². The van der Waals surface area contributed by atoms with Crippen LogP contribution in [0.2, 0.25) is 0 Å². The van der Waals surface area contributed by atoms with Crippen LogP contribution in [0.3, 0.4) is 0 Å². The van der Waals surface area contributed by atoms with E-state index >= 15 is 0 Å². The number of rotatable bonds is 7. The summed E-state index contributed by atoms with van der Waals surface area (Å²) in [6, 6.07) is 72.7. The summed E-state index contributed by atoms with van der Waals surface area (Å²) in [7, 11) is 0. The van der Waals surface area contributed by atoms with Gasteiger partial charge in [0.15, 0.2) is 0 Å². The monoisotopic (exact) mass is 786 g/mol. The lowest BCUT2D eigenvalue weighted by Crippen LogP contribution is -2.11. The fourth-order valence-electron chi connectivity index (χ4n) is 8.66. The van der Waals surface area contributed by atoms with Crippen LogP contribution in [-0.2, 0) is 0 Å². The Balaban J connectivity index is 0.933. The van der Waals surface area contributed by atoms with Gasteiger partial charge in [-0.15, -0.1) is 11.3 Å². The third kappa shape index (κ3) is 5.70. The maximum absolute atomic E-state index is 6.50. The van der Waals surface area contributed by atoms with E-state index in [2.05, 4.69) is 193 Å². The number of para-hydroxylation sites is 3. The number of hydrogen-bond donors (Lipinski definition) is 0. The van der Waals surface area contributed by atoms with Gasteiger partial charge in [-0.1, -0.05) is 146 Å². The van der Waals surface area contributed by atoms with Crippen molar-refractivity contribution in [1.29, 1.82) is 0 Å². The number of thiazole rings is 1. The average Bonchev–Trinajstić information content (AvgIpc) is 4.04. The van der Waals surface area contributed by atoms with Crippen LogP contribution >= 0.6 is 11.3 Å². The van der Waals surface area contributed by atoms with Gasteiger partial charge >= 0.3 is 0 Å². The van der Waals surface area contributed by atoms with Crippen molar-refractivity contribution in [2.24, 2.45) is 0 Å². The van der Waals surface area contributed by atoms with Crippen LogP contribution in [0, 0.1) is 0 Å². The summed E-state index contributed by atoms with van der Waals surface area (Å²) in [5.74, 6) is 0. The second-order valence-corrected chi connectivity index (χ2v) is 16.1. The third-order valence-corrected chi connectivity index (χ3v) is 12.6. The highest BCUT2D eigenvalue weighted by Gasteiger charge is 2.20. The molecular formula is C55H34N2O2S. The molecule has 0 N–H and O–H groups in total. The van der Waals surface area contributed by atoms with Gasteiger partial charge in [0.1, 0.15) is 27.3 Å². The lowest BCUT2D eigenvalue weighted by atomic mass is 9.99. The number of nitrogens with zero attached hydrogens (tertiary/aromatic N) is 2. The summed E-state index contributed by atoms with van der Waals surface area (Å²) in [4.78, 5) is 7.46. The van der Waals surface area contributed by atoms with Crippen LogP contribution in [0.5, 0.6) is 0 Å². The molecule has 9 aromatic carbocycles. The first kappa shape index (κ1) is 34.3. The van der Waals surface area contributed by atoms with Crippen LogP contribution in [0.25, 0.3) is 98.0 Å². The molecule has 0 aliphatic rings. The topological polar surface area (TPSA) is 42.4 Å². The van der Waals surface area contributed by atoms with E-state index in [4.69, 9.17) is 13.8 Å². The zero-order valence-corrected chi connectivity index (χ0v) is 33.1. The molecule has 5 heteroatoms. The van der Waals surface area contributed by atoms with Gasteiger partial charge in [-0.05, 0) is 82.9 Å². The molecule has 0 unspecified atom stereocenters. The fraction of sp³-hybridized carbons (Fsp3) is 0. The molecule has 12 rings (SSSR count). The van der Waals surface area contributed by atoms with E-state index in [1.165, 1.54) is 0 Å². The molecule has 0 radical (unpaired) electrons. The summed E-state index contributed by atoms with van der Waals surface area (Å²) >= 11 is 1.72. The SMILES string of the molecule is c1ccc(-c2nc3c(ccc4oc5cc(-c6ccc(N(c7ccc(-c8cccc9c8oc8ccccc89)cc7)c7ccccc7-c7ccccc7)cc6)ccc5c43)s2)cc1. The highest BCUT2D eigenvalue weighted by atomic mass is 32.1. The third-order valence-electron chi connectivity index (χ3n) is 11.5. The summed E-state index contributed by atoms with van der Waals surface area (Å²) < 4.78 is 14.1. The molecule has 3 heterocycles. The number of anilines is 3. The zero-order chi connectivity index (χ0) is 39.6. The predicted octanol–water partition coefficient (Wildman–Crippen LogP) is 16.2. The molecule has 60 heavy (non-hydrogen) atoms. The van der Waals surface area contributed by atoms with Gasteiger partial charge in [-0.2, -0.15) is 0 Å². The zero-order valence-electron chi connectivity index (χ0n) is 32.2. The standard InChI is InChI=1S/C55H34N2O2S/c1-3-12-36(13-4-1)42-16-7-9-20-47(42)57(41-29-24-37(25-30-41)43-18-11-19-45-44-17-8-10-21-48(44)59-54(43)45)40-27-22-35(23-28-40)39-26-31-46-50(34-39)58-49-32-33-51-53(52(46)49)56-55(60-51)38-14-5-2-6-15-38/h1-34H. The van der Waals surface area contributed by atoms with Gasteiger partial charge < -0.3 is 13.7 Å². The minimum absolute atomic E-state index is 0.850. The number of hydrogen-bond acceptors (Lipinski definition) is 5. The lowest BCUT2D eigenvalue weighted by molar-refractivity contribution is 0.669. The van der Waals surface area contributed by atoms with Crippen LogP contribution in [0.4, 0.5) is 17.1 Å². The first-order chi connectivity index (χ1) is 29.7. The summed E-state index contributed by atoms with van der Waals surface area (Å²) in [6.07, 6.45) is 0. The second-order valence-electron chi connectivity index (χ2n) is 15.1. The quantitative estimate of drug-likeness (QED) is 0.161. The Bertz CT molecular complexity index is 3530. The van der Waals surface area contributed by atoms with Crippen molar-refractivity contribution in [2.75, 3.05) is 4.90 Å². The molecule has 0 saturated carbocycles. The molecule has 282 valence electrons. The lowest BCUT2D eigenvalue weighted by Gasteiger charge is -2.28. The van der Waals surface area contributed by atoms with Gasteiger partial charge in [-0.25, -0.2) is 4.98 Å². The van der Waals surface area contributed by atoms with Gasteiger partial charge in [-0.3, -0.25) is 0 Å². The predicted molar refractivity (Wildman–Crippen MR) is 251 cm³/mol. The van der Waals surface area contributed by atoms with Crippen molar-refractivity contribution in [3.63, 3.8) is 0 Å². The van der Waals surface area contributed by atoms with Gasteiger partial charge in [0.05, 0.1) is 21.3 Å².